The van der Waals surface area contributed by atoms with Crippen LogP contribution in [0.2, 0.25) is 0 Å². The second kappa shape index (κ2) is 7.59. The van der Waals surface area contributed by atoms with Gasteiger partial charge in [-0.15, -0.1) is 0 Å². The van der Waals surface area contributed by atoms with Crippen molar-refractivity contribution in [1.82, 2.24) is 15.3 Å². The van der Waals surface area contributed by atoms with E-state index in [0.29, 0.717) is 6.04 Å². The Balaban J connectivity index is 2.19. The molecule has 0 spiro atoms. The highest BCUT2D eigenvalue weighted by molar-refractivity contribution is 5.38. The zero-order valence-electron chi connectivity index (χ0n) is 13.5. The Labute approximate surface area is 127 Å². The topological polar surface area (TPSA) is 61.0 Å². The highest BCUT2D eigenvalue weighted by Gasteiger charge is 2.19. The van der Waals surface area contributed by atoms with Gasteiger partial charge in [0.1, 0.15) is 11.6 Å². The van der Waals surface area contributed by atoms with Crippen LogP contribution in [0.5, 0.6) is 0 Å². The van der Waals surface area contributed by atoms with Gasteiger partial charge in [-0.2, -0.15) is 0 Å². The van der Waals surface area contributed by atoms with Crippen LogP contribution in [0.15, 0.2) is 10.9 Å². The summed E-state index contributed by atoms with van der Waals surface area (Å²) < 4.78 is 0. The van der Waals surface area contributed by atoms with E-state index in [0.717, 1.165) is 44.1 Å². The van der Waals surface area contributed by atoms with Crippen molar-refractivity contribution in [2.45, 2.75) is 58.4 Å². The molecule has 5 nitrogen and oxygen atoms in total. The first-order chi connectivity index (χ1) is 10.1. The SMILES string of the molecule is CCCCN(CC1CCCN1)c1cc(=O)[nH]c(C(C)C)n1. The van der Waals surface area contributed by atoms with Crippen molar-refractivity contribution in [2.24, 2.45) is 0 Å². The first-order valence-corrected chi connectivity index (χ1v) is 8.19. The number of aromatic amines is 1. The van der Waals surface area contributed by atoms with E-state index in [2.05, 4.69) is 41.0 Å². The van der Waals surface area contributed by atoms with Gasteiger partial charge in [0.25, 0.3) is 5.56 Å². The maximum absolute atomic E-state index is 11.9. The molecule has 0 radical (unpaired) electrons. The summed E-state index contributed by atoms with van der Waals surface area (Å²) >= 11 is 0. The average Bonchev–Trinajstić information content (AvgIpc) is 2.95. The third kappa shape index (κ3) is 4.56. The van der Waals surface area contributed by atoms with Gasteiger partial charge in [0.2, 0.25) is 0 Å². The van der Waals surface area contributed by atoms with Crippen molar-refractivity contribution in [3.8, 4) is 0 Å². The van der Waals surface area contributed by atoms with Crippen molar-refractivity contribution in [3.05, 3.63) is 22.2 Å². The van der Waals surface area contributed by atoms with E-state index in [-0.39, 0.29) is 11.5 Å². The Bertz CT molecular complexity index is 491. The van der Waals surface area contributed by atoms with Crippen molar-refractivity contribution in [1.29, 1.82) is 0 Å². The number of anilines is 1. The van der Waals surface area contributed by atoms with Gasteiger partial charge in [-0.25, -0.2) is 4.98 Å². The fourth-order valence-corrected chi connectivity index (χ4v) is 2.73. The normalized spacial score (nSPS) is 18.4. The molecule has 0 aromatic carbocycles. The largest absolute Gasteiger partial charge is 0.355 e. The number of aromatic nitrogens is 2. The van der Waals surface area contributed by atoms with E-state index in [1.165, 1.54) is 12.8 Å². The Kier molecular flexibility index (Phi) is 5.79. The molecule has 2 rings (SSSR count). The van der Waals surface area contributed by atoms with Crippen molar-refractivity contribution in [2.75, 3.05) is 24.5 Å². The molecule has 1 aliphatic rings. The third-order valence-electron chi connectivity index (χ3n) is 4.00. The maximum atomic E-state index is 11.9. The number of hydrogen-bond acceptors (Lipinski definition) is 4. The van der Waals surface area contributed by atoms with Crippen LogP contribution in [0.1, 0.15) is 58.2 Å². The van der Waals surface area contributed by atoms with Gasteiger partial charge in [-0.3, -0.25) is 4.79 Å². The minimum Gasteiger partial charge on any atom is -0.355 e. The molecule has 2 heterocycles. The highest BCUT2D eigenvalue weighted by atomic mass is 16.1. The molecule has 2 N–H and O–H groups in total. The van der Waals surface area contributed by atoms with Gasteiger partial charge in [0.15, 0.2) is 0 Å². The summed E-state index contributed by atoms with van der Waals surface area (Å²) in [5, 5.41) is 3.53. The van der Waals surface area contributed by atoms with Gasteiger partial charge in [-0.05, 0) is 25.8 Å². The van der Waals surface area contributed by atoms with Gasteiger partial charge in [0, 0.05) is 31.1 Å². The molecule has 1 atom stereocenters. The second-order valence-electron chi connectivity index (χ2n) is 6.24. The van der Waals surface area contributed by atoms with Crippen LogP contribution in [-0.4, -0.2) is 35.6 Å². The second-order valence-corrected chi connectivity index (χ2v) is 6.24. The van der Waals surface area contributed by atoms with Gasteiger partial charge in [0.05, 0.1) is 0 Å². The summed E-state index contributed by atoms with van der Waals surface area (Å²) in [6.45, 7) is 9.30. The predicted octanol–water partition coefficient (Wildman–Crippen LogP) is 2.25. The molecule has 5 heteroatoms. The molecule has 0 bridgehead atoms. The van der Waals surface area contributed by atoms with Gasteiger partial charge in [-0.1, -0.05) is 27.2 Å². The van der Waals surface area contributed by atoms with Crippen molar-refractivity contribution >= 4 is 5.82 Å². The third-order valence-corrected chi connectivity index (χ3v) is 4.00. The molecule has 1 unspecified atom stereocenters. The first-order valence-electron chi connectivity index (χ1n) is 8.19. The summed E-state index contributed by atoms with van der Waals surface area (Å²) in [7, 11) is 0. The van der Waals surface area contributed by atoms with Crippen LogP contribution >= 0.6 is 0 Å². The van der Waals surface area contributed by atoms with Crippen molar-refractivity contribution in [3.63, 3.8) is 0 Å². The quantitative estimate of drug-likeness (QED) is 0.809. The zero-order valence-corrected chi connectivity index (χ0v) is 13.5. The standard InChI is InChI=1S/C16H28N4O/c1-4-5-9-20(11-13-7-6-8-17-13)14-10-15(21)19-16(18-14)12(2)3/h10,12-13,17H,4-9,11H2,1-3H3,(H,18,19,21). The smallest absolute Gasteiger partial charge is 0.252 e. The molecule has 0 amide bonds. The van der Waals surface area contributed by atoms with Gasteiger partial charge < -0.3 is 15.2 Å². The number of unbranched alkanes of at least 4 members (excludes halogenated alkanes) is 1. The summed E-state index contributed by atoms with van der Waals surface area (Å²) in [5.41, 5.74) is -0.0513. The van der Waals surface area contributed by atoms with E-state index in [1.807, 2.05) is 0 Å². The maximum Gasteiger partial charge on any atom is 0.252 e. The molecular weight excluding hydrogens is 264 g/mol. The van der Waals surface area contributed by atoms with Crippen LogP contribution in [0, 0.1) is 0 Å². The van der Waals surface area contributed by atoms with Gasteiger partial charge >= 0.3 is 0 Å². The van der Waals surface area contributed by atoms with E-state index in [9.17, 15) is 4.79 Å². The lowest BCUT2D eigenvalue weighted by Gasteiger charge is -2.27. The number of rotatable bonds is 7. The zero-order chi connectivity index (χ0) is 15.2. The summed E-state index contributed by atoms with van der Waals surface area (Å²) in [5.74, 6) is 1.83. The van der Waals surface area contributed by atoms with Crippen LogP contribution in [0.3, 0.4) is 0 Å². The van der Waals surface area contributed by atoms with E-state index in [4.69, 9.17) is 0 Å². The van der Waals surface area contributed by atoms with E-state index in [1.54, 1.807) is 6.07 Å². The van der Waals surface area contributed by atoms with E-state index >= 15 is 0 Å². The number of nitrogens with zero attached hydrogens (tertiary/aromatic N) is 2. The Morgan fingerprint density at radius 3 is 2.90 bits per heavy atom. The molecule has 0 saturated carbocycles. The lowest BCUT2D eigenvalue weighted by molar-refractivity contribution is 0.567. The lowest BCUT2D eigenvalue weighted by Crippen LogP contribution is -2.39. The molecule has 1 saturated heterocycles. The molecule has 0 aliphatic carbocycles. The molecule has 118 valence electrons. The number of nitrogens with one attached hydrogen (secondary N) is 2. The number of hydrogen-bond donors (Lipinski definition) is 2. The van der Waals surface area contributed by atoms with Crippen molar-refractivity contribution < 1.29 is 0 Å². The van der Waals surface area contributed by atoms with Crippen LogP contribution in [-0.2, 0) is 0 Å². The average molecular weight is 292 g/mol. The number of H-pyrrole nitrogens is 1. The fourth-order valence-electron chi connectivity index (χ4n) is 2.73. The summed E-state index contributed by atoms with van der Waals surface area (Å²) in [6.07, 6.45) is 4.72. The molecule has 1 aromatic rings. The Hall–Kier alpha value is -1.36. The summed E-state index contributed by atoms with van der Waals surface area (Å²) in [6, 6.07) is 2.15. The first kappa shape index (κ1) is 16.0. The Morgan fingerprint density at radius 1 is 1.48 bits per heavy atom. The monoisotopic (exact) mass is 292 g/mol. The highest BCUT2D eigenvalue weighted by Crippen LogP contribution is 2.16. The molecule has 1 fully saturated rings. The van der Waals surface area contributed by atoms with Crippen LogP contribution in [0.4, 0.5) is 5.82 Å². The predicted molar refractivity (Wildman–Crippen MR) is 87.1 cm³/mol. The summed E-state index contributed by atoms with van der Waals surface area (Å²) in [4.78, 5) is 21.7. The minimum atomic E-state index is -0.0513. The molecule has 21 heavy (non-hydrogen) atoms. The minimum absolute atomic E-state index is 0.0513. The molecule has 1 aromatic heterocycles. The molecule has 1 aliphatic heterocycles. The van der Waals surface area contributed by atoms with Crippen LogP contribution < -0.4 is 15.8 Å². The Morgan fingerprint density at radius 2 is 2.29 bits per heavy atom. The fraction of sp³-hybridized carbons (Fsp3) is 0.750. The lowest BCUT2D eigenvalue weighted by atomic mass is 10.2. The van der Waals surface area contributed by atoms with Crippen LogP contribution in [0.25, 0.3) is 0 Å². The van der Waals surface area contributed by atoms with E-state index < -0.39 is 0 Å². The molecular formula is C16H28N4O.